The number of hydrogen-bond acceptors (Lipinski definition) is 2. The largest absolute Gasteiger partial charge is 0.352 e. The Balaban J connectivity index is 0.00000162. The number of piperidine rings is 1. The second kappa shape index (κ2) is 7.39. The highest BCUT2D eigenvalue weighted by molar-refractivity contribution is 5.85. The molecule has 1 amide bonds. The lowest BCUT2D eigenvalue weighted by Crippen LogP contribution is -2.46. The highest BCUT2D eigenvalue weighted by atomic mass is 35.5. The van der Waals surface area contributed by atoms with Crippen molar-refractivity contribution in [2.45, 2.75) is 32.2 Å². The van der Waals surface area contributed by atoms with Crippen LogP contribution >= 0.6 is 12.4 Å². The van der Waals surface area contributed by atoms with Gasteiger partial charge in [0.2, 0.25) is 5.91 Å². The molecule has 2 rings (SSSR count). The SMILES string of the molecule is Cc1ccccc1CC(=O)N[C@H]1CCCNC1.Cl. The standard InChI is InChI=1S/C14H20N2O.ClH/c1-11-5-2-3-6-12(11)9-14(17)16-13-7-4-8-15-10-13;/h2-3,5-6,13,15H,4,7-10H2,1H3,(H,16,17);1H/t13-;/m0./s1. The third kappa shape index (κ3) is 4.31. The lowest BCUT2D eigenvalue weighted by molar-refractivity contribution is -0.121. The number of benzene rings is 1. The summed E-state index contributed by atoms with van der Waals surface area (Å²) in [6.45, 7) is 4.02. The fraction of sp³-hybridized carbons (Fsp3) is 0.500. The summed E-state index contributed by atoms with van der Waals surface area (Å²) < 4.78 is 0. The van der Waals surface area contributed by atoms with Crippen molar-refractivity contribution in [3.63, 3.8) is 0 Å². The first-order valence-electron chi connectivity index (χ1n) is 6.30. The molecule has 100 valence electrons. The number of aryl methyl sites for hydroxylation is 1. The van der Waals surface area contributed by atoms with Gasteiger partial charge < -0.3 is 10.6 Å². The van der Waals surface area contributed by atoms with Crippen LogP contribution in [0.3, 0.4) is 0 Å². The van der Waals surface area contributed by atoms with Gasteiger partial charge in [-0.25, -0.2) is 0 Å². The van der Waals surface area contributed by atoms with Gasteiger partial charge in [-0.15, -0.1) is 12.4 Å². The highest BCUT2D eigenvalue weighted by Gasteiger charge is 2.15. The second-order valence-electron chi connectivity index (χ2n) is 4.71. The summed E-state index contributed by atoms with van der Waals surface area (Å²) in [5.41, 5.74) is 2.30. The molecule has 1 aliphatic rings. The Labute approximate surface area is 115 Å². The molecule has 1 fully saturated rings. The van der Waals surface area contributed by atoms with Crippen molar-refractivity contribution in [2.75, 3.05) is 13.1 Å². The molecule has 1 saturated heterocycles. The third-order valence-electron chi connectivity index (χ3n) is 3.27. The minimum Gasteiger partial charge on any atom is -0.352 e. The van der Waals surface area contributed by atoms with Crippen molar-refractivity contribution in [2.24, 2.45) is 0 Å². The van der Waals surface area contributed by atoms with Crippen molar-refractivity contribution in [3.8, 4) is 0 Å². The first-order chi connectivity index (χ1) is 8.25. The van der Waals surface area contributed by atoms with Crippen molar-refractivity contribution in [3.05, 3.63) is 35.4 Å². The van der Waals surface area contributed by atoms with E-state index < -0.39 is 0 Å². The third-order valence-corrected chi connectivity index (χ3v) is 3.27. The van der Waals surface area contributed by atoms with Crippen LogP contribution in [0.1, 0.15) is 24.0 Å². The molecule has 2 N–H and O–H groups in total. The first kappa shape index (κ1) is 15.0. The van der Waals surface area contributed by atoms with Gasteiger partial charge in [-0.2, -0.15) is 0 Å². The number of halogens is 1. The predicted octanol–water partition coefficient (Wildman–Crippen LogP) is 1.83. The summed E-state index contributed by atoms with van der Waals surface area (Å²) in [6.07, 6.45) is 2.73. The summed E-state index contributed by atoms with van der Waals surface area (Å²) in [4.78, 5) is 11.9. The van der Waals surface area contributed by atoms with Gasteiger partial charge >= 0.3 is 0 Å². The molecule has 1 aromatic rings. The van der Waals surface area contributed by atoms with Crippen LogP contribution in [0.15, 0.2) is 24.3 Å². The molecule has 1 heterocycles. The lowest BCUT2D eigenvalue weighted by Gasteiger charge is -2.23. The number of amides is 1. The van der Waals surface area contributed by atoms with Crippen LogP contribution in [0.5, 0.6) is 0 Å². The van der Waals surface area contributed by atoms with Gasteiger partial charge in [-0.05, 0) is 37.4 Å². The van der Waals surface area contributed by atoms with Crippen LogP contribution in [-0.2, 0) is 11.2 Å². The minimum absolute atomic E-state index is 0. The van der Waals surface area contributed by atoms with Gasteiger partial charge in [-0.3, -0.25) is 4.79 Å². The molecular formula is C14H21ClN2O. The van der Waals surface area contributed by atoms with E-state index in [0.717, 1.165) is 31.5 Å². The number of carbonyl (C=O) groups is 1. The van der Waals surface area contributed by atoms with Gasteiger partial charge in [0.25, 0.3) is 0 Å². The van der Waals surface area contributed by atoms with Gasteiger partial charge in [0.05, 0.1) is 6.42 Å². The molecule has 0 bridgehead atoms. The molecule has 0 saturated carbocycles. The fourth-order valence-electron chi connectivity index (χ4n) is 2.24. The van der Waals surface area contributed by atoms with Gasteiger partial charge in [0.1, 0.15) is 0 Å². The van der Waals surface area contributed by atoms with E-state index in [4.69, 9.17) is 0 Å². The van der Waals surface area contributed by atoms with Crippen LogP contribution in [0.25, 0.3) is 0 Å². The zero-order chi connectivity index (χ0) is 12.1. The molecule has 0 aromatic heterocycles. The Morgan fingerprint density at radius 1 is 1.44 bits per heavy atom. The Morgan fingerprint density at radius 2 is 2.22 bits per heavy atom. The summed E-state index contributed by atoms with van der Waals surface area (Å²) in [5, 5.41) is 6.39. The van der Waals surface area contributed by atoms with E-state index in [1.54, 1.807) is 0 Å². The molecule has 0 spiro atoms. The fourth-order valence-corrected chi connectivity index (χ4v) is 2.24. The van der Waals surface area contributed by atoms with E-state index in [2.05, 4.69) is 10.6 Å². The van der Waals surface area contributed by atoms with Crippen LogP contribution in [0.2, 0.25) is 0 Å². The van der Waals surface area contributed by atoms with E-state index >= 15 is 0 Å². The van der Waals surface area contributed by atoms with E-state index in [1.165, 1.54) is 5.56 Å². The molecule has 1 aromatic carbocycles. The van der Waals surface area contributed by atoms with Crippen LogP contribution in [0, 0.1) is 6.92 Å². The Bertz CT molecular complexity index is 389. The van der Waals surface area contributed by atoms with Crippen LogP contribution in [-0.4, -0.2) is 25.0 Å². The quantitative estimate of drug-likeness (QED) is 0.878. The average Bonchev–Trinajstić information content (AvgIpc) is 2.33. The maximum atomic E-state index is 11.9. The molecule has 0 unspecified atom stereocenters. The molecule has 0 aliphatic carbocycles. The lowest BCUT2D eigenvalue weighted by atomic mass is 10.0. The molecule has 1 atom stereocenters. The molecule has 4 heteroatoms. The molecular weight excluding hydrogens is 248 g/mol. The molecule has 1 aliphatic heterocycles. The van der Waals surface area contributed by atoms with Crippen LogP contribution < -0.4 is 10.6 Å². The first-order valence-corrected chi connectivity index (χ1v) is 6.30. The van der Waals surface area contributed by atoms with E-state index in [9.17, 15) is 4.79 Å². The molecule has 3 nitrogen and oxygen atoms in total. The minimum atomic E-state index is 0. The van der Waals surface area contributed by atoms with Crippen molar-refractivity contribution in [1.82, 2.24) is 10.6 Å². The zero-order valence-electron chi connectivity index (χ0n) is 10.7. The number of carbonyl (C=O) groups excluding carboxylic acids is 1. The maximum absolute atomic E-state index is 11.9. The van der Waals surface area contributed by atoms with E-state index in [1.807, 2.05) is 31.2 Å². The van der Waals surface area contributed by atoms with Gasteiger partial charge in [0.15, 0.2) is 0 Å². The number of nitrogens with one attached hydrogen (secondary N) is 2. The van der Waals surface area contributed by atoms with Crippen LogP contribution in [0.4, 0.5) is 0 Å². The summed E-state index contributed by atoms with van der Waals surface area (Å²) in [7, 11) is 0. The average molecular weight is 269 g/mol. The monoisotopic (exact) mass is 268 g/mol. The van der Waals surface area contributed by atoms with Crippen molar-refractivity contribution in [1.29, 1.82) is 0 Å². The second-order valence-corrected chi connectivity index (χ2v) is 4.71. The van der Waals surface area contributed by atoms with E-state index in [-0.39, 0.29) is 18.3 Å². The normalized spacial score (nSPS) is 18.8. The smallest absolute Gasteiger partial charge is 0.224 e. The summed E-state index contributed by atoms with van der Waals surface area (Å²) >= 11 is 0. The summed E-state index contributed by atoms with van der Waals surface area (Å²) in [6, 6.07) is 8.36. The number of hydrogen-bond donors (Lipinski definition) is 2. The molecule has 0 radical (unpaired) electrons. The topological polar surface area (TPSA) is 41.1 Å². The summed E-state index contributed by atoms with van der Waals surface area (Å²) in [5.74, 6) is 0.132. The van der Waals surface area contributed by atoms with Gasteiger partial charge in [-0.1, -0.05) is 24.3 Å². The van der Waals surface area contributed by atoms with E-state index in [0.29, 0.717) is 12.5 Å². The van der Waals surface area contributed by atoms with Gasteiger partial charge in [0, 0.05) is 12.6 Å². The van der Waals surface area contributed by atoms with Crippen molar-refractivity contribution < 1.29 is 4.79 Å². The Kier molecular flexibility index (Phi) is 6.16. The molecule has 18 heavy (non-hydrogen) atoms. The zero-order valence-corrected chi connectivity index (χ0v) is 11.6. The Hall–Kier alpha value is -1.06. The van der Waals surface area contributed by atoms with Crippen molar-refractivity contribution >= 4 is 18.3 Å². The Morgan fingerprint density at radius 3 is 2.89 bits per heavy atom. The maximum Gasteiger partial charge on any atom is 0.224 e. The number of rotatable bonds is 3. The highest BCUT2D eigenvalue weighted by Crippen LogP contribution is 2.08. The predicted molar refractivity (Wildman–Crippen MR) is 76.2 cm³/mol.